The second-order valence-corrected chi connectivity index (χ2v) is 7.97. The molecule has 6 nitrogen and oxygen atoms in total. The highest BCUT2D eigenvalue weighted by Gasteiger charge is 2.36. The summed E-state index contributed by atoms with van der Waals surface area (Å²) in [5, 5.41) is 2.74. The smallest absolute Gasteiger partial charge is 0.352 e. The first-order valence-corrected chi connectivity index (χ1v) is 10.1. The van der Waals surface area contributed by atoms with Crippen LogP contribution in [0.2, 0.25) is 5.02 Å². The van der Waals surface area contributed by atoms with Gasteiger partial charge in [-0.25, -0.2) is 4.98 Å². The zero-order valence-corrected chi connectivity index (χ0v) is 16.9. The van der Waals surface area contributed by atoms with E-state index in [0.29, 0.717) is 26.2 Å². The van der Waals surface area contributed by atoms with E-state index in [2.05, 4.69) is 10.3 Å². The summed E-state index contributed by atoms with van der Waals surface area (Å²) < 4.78 is 38.4. The number of nitrogens with zero attached hydrogens (tertiary/aromatic N) is 3. The zero-order valence-electron chi connectivity index (χ0n) is 16.1. The fraction of sp³-hybridized carbons (Fsp3) is 0.632. The lowest BCUT2D eigenvalue weighted by molar-refractivity contribution is -0.138. The normalized spacial score (nSPS) is 19.3. The summed E-state index contributed by atoms with van der Waals surface area (Å²) >= 11 is 6.03. The Hall–Kier alpha value is -2.03. The molecule has 0 radical (unpaired) electrons. The highest BCUT2D eigenvalue weighted by molar-refractivity contribution is 6.33. The van der Waals surface area contributed by atoms with Crippen LogP contribution >= 0.6 is 11.6 Å². The van der Waals surface area contributed by atoms with E-state index in [-0.39, 0.29) is 28.6 Å². The average Bonchev–Trinajstić information content (AvgIpc) is 3.19. The molecule has 2 fully saturated rings. The van der Waals surface area contributed by atoms with Crippen LogP contribution in [0, 0.1) is 5.92 Å². The van der Waals surface area contributed by atoms with Crippen molar-refractivity contribution in [2.24, 2.45) is 5.92 Å². The van der Waals surface area contributed by atoms with E-state index >= 15 is 0 Å². The van der Waals surface area contributed by atoms with Crippen molar-refractivity contribution in [2.75, 3.05) is 31.1 Å². The standard InChI is InChI=1S/C19H24ClF3N4O2/c1-12(28)25-16(13-4-2-3-5-13)18(29)27-8-6-26(7-9-27)17-15(20)10-14(11-24-17)19(21,22)23/h10-11,13,16H,2-9H2,1H3,(H,25,28). The maximum Gasteiger partial charge on any atom is 0.417 e. The number of amides is 2. The molecule has 1 unspecified atom stereocenters. The largest absolute Gasteiger partial charge is 0.417 e. The van der Waals surface area contributed by atoms with Crippen LogP contribution in [-0.4, -0.2) is 53.9 Å². The quantitative estimate of drug-likeness (QED) is 0.794. The molecule has 0 bridgehead atoms. The SMILES string of the molecule is CC(=O)NC(C(=O)N1CCN(c2ncc(C(F)(F)F)cc2Cl)CC1)C1CCCC1. The van der Waals surface area contributed by atoms with Crippen LogP contribution in [0.4, 0.5) is 19.0 Å². The lowest BCUT2D eigenvalue weighted by atomic mass is 9.96. The van der Waals surface area contributed by atoms with Crippen LogP contribution in [-0.2, 0) is 15.8 Å². The Morgan fingerprint density at radius 2 is 1.83 bits per heavy atom. The number of pyridine rings is 1. The predicted octanol–water partition coefficient (Wildman–Crippen LogP) is 3.10. The molecular weight excluding hydrogens is 409 g/mol. The average molecular weight is 433 g/mol. The molecule has 1 saturated heterocycles. The van der Waals surface area contributed by atoms with E-state index in [1.807, 2.05) is 0 Å². The molecule has 1 atom stereocenters. The van der Waals surface area contributed by atoms with Gasteiger partial charge in [-0.15, -0.1) is 0 Å². The summed E-state index contributed by atoms with van der Waals surface area (Å²) in [7, 11) is 0. The van der Waals surface area contributed by atoms with Gasteiger partial charge in [-0.1, -0.05) is 24.4 Å². The molecule has 1 aliphatic carbocycles. The van der Waals surface area contributed by atoms with Crippen molar-refractivity contribution in [3.8, 4) is 0 Å². The number of halogens is 4. The number of aromatic nitrogens is 1. The van der Waals surface area contributed by atoms with Gasteiger partial charge in [-0.05, 0) is 24.8 Å². The molecule has 1 saturated carbocycles. The first kappa shape index (κ1) is 21.7. The molecular formula is C19H24ClF3N4O2. The molecule has 0 spiro atoms. The Balaban J connectivity index is 1.65. The van der Waals surface area contributed by atoms with Crippen LogP contribution in [0.25, 0.3) is 0 Å². The first-order chi connectivity index (χ1) is 13.7. The molecule has 1 aromatic rings. The van der Waals surface area contributed by atoms with Gasteiger partial charge in [-0.3, -0.25) is 9.59 Å². The summed E-state index contributed by atoms with van der Waals surface area (Å²) in [6.07, 6.45) is 0.216. The van der Waals surface area contributed by atoms with Crippen LogP contribution < -0.4 is 10.2 Å². The second kappa shape index (κ2) is 8.77. The number of rotatable bonds is 4. The molecule has 1 N–H and O–H groups in total. The number of alkyl halides is 3. The Kier molecular flexibility index (Phi) is 6.55. The van der Waals surface area contributed by atoms with E-state index in [0.717, 1.165) is 37.9 Å². The van der Waals surface area contributed by atoms with E-state index in [4.69, 9.17) is 11.6 Å². The van der Waals surface area contributed by atoms with Crippen LogP contribution in [0.15, 0.2) is 12.3 Å². The van der Waals surface area contributed by atoms with Gasteiger partial charge in [0.15, 0.2) is 0 Å². The van der Waals surface area contributed by atoms with Crippen molar-refractivity contribution in [3.05, 3.63) is 22.8 Å². The van der Waals surface area contributed by atoms with Gasteiger partial charge in [0, 0.05) is 39.3 Å². The van der Waals surface area contributed by atoms with E-state index in [9.17, 15) is 22.8 Å². The van der Waals surface area contributed by atoms with Gasteiger partial charge in [0.25, 0.3) is 0 Å². The summed E-state index contributed by atoms with van der Waals surface area (Å²) in [5.74, 6) is 0.101. The van der Waals surface area contributed by atoms with Gasteiger partial charge in [0.1, 0.15) is 11.9 Å². The van der Waals surface area contributed by atoms with Crippen LogP contribution in [0.5, 0.6) is 0 Å². The predicted molar refractivity (Wildman–Crippen MR) is 103 cm³/mol. The Labute approximate surface area is 172 Å². The zero-order chi connectivity index (χ0) is 21.2. The summed E-state index contributed by atoms with van der Waals surface area (Å²) in [5.41, 5.74) is -0.894. The van der Waals surface area contributed by atoms with Crippen LogP contribution in [0.1, 0.15) is 38.2 Å². The number of carbonyl (C=O) groups is 2. The van der Waals surface area contributed by atoms with E-state index < -0.39 is 17.8 Å². The molecule has 2 amide bonds. The molecule has 0 aromatic carbocycles. The van der Waals surface area contributed by atoms with Crippen molar-refractivity contribution in [3.63, 3.8) is 0 Å². The summed E-state index contributed by atoms with van der Waals surface area (Å²) in [6.45, 7) is 3.00. The fourth-order valence-corrected chi connectivity index (χ4v) is 4.33. The molecule has 3 rings (SSSR count). The monoisotopic (exact) mass is 432 g/mol. The van der Waals surface area contributed by atoms with Gasteiger partial charge in [-0.2, -0.15) is 13.2 Å². The molecule has 2 heterocycles. The third kappa shape index (κ3) is 5.12. The summed E-state index contributed by atoms with van der Waals surface area (Å²) in [6, 6.07) is 0.350. The van der Waals surface area contributed by atoms with Crippen molar-refractivity contribution in [1.29, 1.82) is 0 Å². The third-order valence-electron chi connectivity index (χ3n) is 5.54. The maximum atomic E-state index is 13.0. The lowest BCUT2D eigenvalue weighted by Crippen LogP contribution is -2.56. The van der Waals surface area contributed by atoms with Crippen molar-refractivity contribution in [1.82, 2.24) is 15.2 Å². The van der Waals surface area contributed by atoms with E-state index in [1.165, 1.54) is 6.92 Å². The van der Waals surface area contributed by atoms with Gasteiger partial charge in [0.05, 0.1) is 10.6 Å². The van der Waals surface area contributed by atoms with Crippen LogP contribution in [0.3, 0.4) is 0 Å². The number of piperazine rings is 1. The molecule has 10 heteroatoms. The second-order valence-electron chi connectivity index (χ2n) is 7.56. The number of hydrogen-bond donors (Lipinski definition) is 1. The lowest BCUT2D eigenvalue weighted by Gasteiger charge is -2.38. The Morgan fingerprint density at radius 3 is 2.34 bits per heavy atom. The molecule has 2 aliphatic rings. The minimum Gasteiger partial charge on any atom is -0.352 e. The number of anilines is 1. The number of hydrogen-bond acceptors (Lipinski definition) is 4. The van der Waals surface area contributed by atoms with Crippen molar-refractivity contribution < 1.29 is 22.8 Å². The minimum absolute atomic E-state index is 0.0679. The number of nitrogens with one attached hydrogen (secondary N) is 1. The highest BCUT2D eigenvalue weighted by atomic mass is 35.5. The first-order valence-electron chi connectivity index (χ1n) is 9.70. The Morgan fingerprint density at radius 1 is 1.21 bits per heavy atom. The summed E-state index contributed by atoms with van der Waals surface area (Å²) in [4.78, 5) is 32.0. The van der Waals surface area contributed by atoms with Gasteiger partial charge in [0.2, 0.25) is 11.8 Å². The van der Waals surface area contributed by atoms with Crippen molar-refractivity contribution >= 4 is 29.2 Å². The van der Waals surface area contributed by atoms with Gasteiger partial charge >= 0.3 is 6.18 Å². The number of carbonyl (C=O) groups excluding carboxylic acids is 2. The van der Waals surface area contributed by atoms with Crippen molar-refractivity contribution in [2.45, 2.75) is 44.8 Å². The highest BCUT2D eigenvalue weighted by Crippen LogP contribution is 2.34. The molecule has 1 aliphatic heterocycles. The fourth-order valence-electron chi connectivity index (χ4n) is 4.04. The minimum atomic E-state index is -4.50. The molecule has 160 valence electrons. The molecule has 1 aromatic heterocycles. The van der Waals surface area contributed by atoms with E-state index in [1.54, 1.807) is 9.80 Å². The third-order valence-corrected chi connectivity index (χ3v) is 5.81. The maximum absolute atomic E-state index is 13.0. The Bertz CT molecular complexity index is 760. The topological polar surface area (TPSA) is 65.5 Å². The van der Waals surface area contributed by atoms with Gasteiger partial charge < -0.3 is 15.1 Å². The molecule has 29 heavy (non-hydrogen) atoms.